The van der Waals surface area contributed by atoms with Crippen LogP contribution in [0.25, 0.3) is 0 Å². The fourth-order valence-corrected chi connectivity index (χ4v) is 2.11. The van der Waals surface area contributed by atoms with Crippen LogP contribution in [0.2, 0.25) is 0 Å². The van der Waals surface area contributed by atoms with Gasteiger partial charge < -0.3 is 11.1 Å². The second kappa shape index (κ2) is 5.88. The van der Waals surface area contributed by atoms with Crippen molar-refractivity contribution in [3.8, 4) is 0 Å². The third-order valence-electron chi connectivity index (χ3n) is 2.67. The van der Waals surface area contributed by atoms with Gasteiger partial charge in [-0.2, -0.15) is 0 Å². The number of nitrogen functional groups attached to an aromatic ring is 1. The van der Waals surface area contributed by atoms with Crippen molar-refractivity contribution < 1.29 is 14.1 Å². The number of nitro benzene ring substituents is 1. The highest BCUT2D eigenvalue weighted by atomic mass is 79.9. The Hall–Kier alpha value is -2.48. The molecule has 21 heavy (non-hydrogen) atoms. The van der Waals surface area contributed by atoms with E-state index >= 15 is 0 Å². The minimum absolute atomic E-state index is 0.00512. The van der Waals surface area contributed by atoms with E-state index < -0.39 is 16.6 Å². The van der Waals surface area contributed by atoms with Crippen molar-refractivity contribution in [3.05, 3.63) is 62.4 Å². The van der Waals surface area contributed by atoms with Crippen molar-refractivity contribution in [3.63, 3.8) is 0 Å². The average molecular weight is 354 g/mol. The summed E-state index contributed by atoms with van der Waals surface area (Å²) in [6, 6.07) is 7.34. The van der Waals surface area contributed by atoms with E-state index in [2.05, 4.69) is 21.2 Å². The molecule has 0 atom stereocenters. The summed E-state index contributed by atoms with van der Waals surface area (Å²) in [4.78, 5) is 22.1. The van der Waals surface area contributed by atoms with E-state index in [1.165, 1.54) is 24.3 Å². The van der Waals surface area contributed by atoms with Gasteiger partial charge in [-0.1, -0.05) is 0 Å². The van der Waals surface area contributed by atoms with Gasteiger partial charge in [0.15, 0.2) is 0 Å². The fourth-order valence-electron chi connectivity index (χ4n) is 1.65. The maximum atomic E-state index is 12.9. The lowest BCUT2D eigenvalue weighted by Crippen LogP contribution is -2.14. The maximum Gasteiger partial charge on any atom is 0.270 e. The van der Waals surface area contributed by atoms with Gasteiger partial charge in [0, 0.05) is 22.3 Å². The zero-order chi connectivity index (χ0) is 15.6. The molecule has 108 valence electrons. The van der Waals surface area contributed by atoms with Crippen molar-refractivity contribution in [2.24, 2.45) is 0 Å². The number of benzene rings is 2. The summed E-state index contributed by atoms with van der Waals surface area (Å²) in [6.45, 7) is 0. The highest BCUT2D eigenvalue weighted by Gasteiger charge is 2.14. The van der Waals surface area contributed by atoms with Gasteiger partial charge in [-0.05, 0) is 40.2 Å². The topological polar surface area (TPSA) is 98.3 Å². The quantitative estimate of drug-likeness (QED) is 0.502. The largest absolute Gasteiger partial charge is 0.398 e. The second-order valence-electron chi connectivity index (χ2n) is 4.11. The Morgan fingerprint density at radius 2 is 2.00 bits per heavy atom. The van der Waals surface area contributed by atoms with E-state index in [9.17, 15) is 19.3 Å². The molecule has 0 aliphatic carbocycles. The predicted molar refractivity (Wildman–Crippen MR) is 79.6 cm³/mol. The molecule has 0 bridgehead atoms. The summed E-state index contributed by atoms with van der Waals surface area (Å²) in [5, 5.41) is 13.2. The van der Waals surface area contributed by atoms with Gasteiger partial charge in [0.2, 0.25) is 0 Å². The van der Waals surface area contributed by atoms with Gasteiger partial charge >= 0.3 is 0 Å². The Labute approximate surface area is 127 Å². The molecular formula is C13H9BrFN3O3. The molecule has 0 spiro atoms. The molecule has 6 nitrogen and oxygen atoms in total. The van der Waals surface area contributed by atoms with Crippen LogP contribution in [-0.4, -0.2) is 10.8 Å². The highest BCUT2D eigenvalue weighted by molar-refractivity contribution is 9.10. The number of carbonyl (C=O) groups excluding carboxylic acids is 1. The Morgan fingerprint density at radius 3 is 2.57 bits per heavy atom. The van der Waals surface area contributed by atoms with Crippen LogP contribution in [0, 0.1) is 15.9 Å². The number of carbonyl (C=O) groups is 1. The lowest BCUT2D eigenvalue weighted by molar-refractivity contribution is -0.384. The molecule has 3 N–H and O–H groups in total. The van der Waals surface area contributed by atoms with Gasteiger partial charge in [-0.15, -0.1) is 0 Å². The van der Waals surface area contributed by atoms with E-state index in [1.54, 1.807) is 0 Å². The van der Waals surface area contributed by atoms with Crippen molar-refractivity contribution in [2.75, 3.05) is 11.1 Å². The smallest absolute Gasteiger partial charge is 0.270 e. The molecule has 0 unspecified atom stereocenters. The Balaban J connectivity index is 2.25. The van der Waals surface area contributed by atoms with E-state index in [0.717, 1.165) is 12.1 Å². The van der Waals surface area contributed by atoms with Crippen LogP contribution in [0.3, 0.4) is 0 Å². The van der Waals surface area contributed by atoms with Crippen LogP contribution >= 0.6 is 15.9 Å². The van der Waals surface area contributed by atoms with Crippen LogP contribution < -0.4 is 11.1 Å². The van der Waals surface area contributed by atoms with Gasteiger partial charge in [0.1, 0.15) is 5.82 Å². The van der Waals surface area contributed by atoms with Crippen molar-refractivity contribution in [1.29, 1.82) is 0 Å². The Morgan fingerprint density at radius 1 is 1.29 bits per heavy atom. The lowest BCUT2D eigenvalue weighted by Gasteiger charge is -2.09. The van der Waals surface area contributed by atoms with Gasteiger partial charge in [-0.3, -0.25) is 14.9 Å². The van der Waals surface area contributed by atoms with Crippen molar-refractivity contribution in [1.82, 2.24) is 0 Å². The van der Waals surface area contributed by atoms with Gasteiger partial charge in [-0.25, -0.2) is 4.39 Å². The molecule has 0 aliphatic heterocycles. The minimum atomic E-state index is -0.547. The number of rotatable bonds is 3. The van der Waals surface area contributed by atoms with Crippen LogP contribution in [0.15, 0.2) is 40.9 Å². The molecule has 8 heteroatoms. The number of halogens is 2. The first kappa shape index (κ1) is 14.9. The second-order valence-corrected chi connectivity index (χ2v) is 4.96. The van der Waals surface area contributed by atoms with Crippen LogP contribution in [0.5, 0.6) is 0 Å². The molecule has 0 aliphatic rings. The summed E-state index contributed by atoms with van der Waals surface area (Å²) in [5.41, 5.74) is 5.93. The molecule has 0 aromatic heterocycles. The summed E-state index contributed by atoms with van der Waals surface area (Å²) in [5.74, 6) is -1.08. The molecule has 2 aromatic rings. The van der Waals surface area contributed by atoms with Gasteiger partial charge in [0.25, 0.3) is 11.6 Å². The van der Waals surface area contributed by atoms with Gasteiger partial charge in [0.05, 0.1) is 16.2 Å². The number of nitrogens with one attached hydrogen (secondary N) is 1. The maximum absolute atomic E-state index is 12.9. The normalized spacial score (nSPS) is 10.2. The molecule has 0 radical (unpaired) electrons. The average Bonchev–Trinajstić information content (AvgIpc) is 2.40. The summed E-state index contributed by atoms with van der Waals surface area (Å²) in [6.07, 6.45) is 0. The van der Waals surface area contributed by atoms with Crippen LogP contribution in [-0.2, 0) is 0 Å². The standard InChI is InChI=1S/C13H9BrFN3O3/c14-10-6-8(18(20)21)2-4-12(10)17-13(19)9-3-1-7(15)5-11(9)16/h1-6H,16H2,(H,17,19). The molecule has 0 fully saturated rings. The molecule has 1 amide bonds. The van der Waals surface area contributed by atoms with E-state index in [0.29, 0.717) is 10.2 Å². The zero-order valence-corrected chi connectivity index (χ0v) is 12.1. The molecule has 0 saturated heterocycles. The highest BCUT2D eigenvalue weighted by Crippen LogP contribution is 2.28. The molecule has 2 aromatic carbocycles. The van der Waals surface area contributed by atoms with E-state index in [-0.39, 0.29) is 16.9 Å². The number of nitrogens with two attached hydrogens (primary N) is 1. The lowest BCUT2D eigenvalue weighted by atomic mass is 10.1. The van der Waals surface area contributed by atoms with Crippen LogP contribution in [0.1, 0.15) is 10.4 Å². The molecule has 2 rings (SSSR count). The van der Waals surface area contributed by atoms with Crippen molar-refractivity contribution >= 4 is 38.9 Å². The monoisotopic (exact) mass is 353 g/mol. The number of nitro groups is 1. The summed E-state index contributed by atoms with van der Waals surface area (Å²) in [7, 11) is 0. The number of non-ortho nitro benzene ring substituents is 1. The SMILES string of the molecule is Nc1cc(F)ccc1C(=O)Nc1ccc([N+](=O)[O-])cc1Br. The number of amides is 1. The number of hydrogen-bond acceptors (Lipinski definition) is 4. The third kappa shape index (κ3) is 3.34. The first-order valence-electron chi connectivity index (χ1n) is 5.69. The van der Waals surface area contributed by atoms with Crippen LogP contribution in [0.4, 0.5) is 21.5 Å². The predicted octanol–water partition coefficient (Wildman–Crippen LogP) is 3.33. The van der Waals surface area contributed by atoms with E-state index in [1.807, 2.05) is 0 Å². The number of hydrogen-bond donors (Lipinski definition) is 2. The summed E-state index contributed by atoms with van der Waals surface area (Å²) < 4.78 is 13.3. The third-order valence-corrected chi connectivity index (χ3v) is 3.33. The van der Waals surface area contributed by atoms with Crippen molar-refractivity contribution in [2.45, 2.75) is 0 Å². The molecular weight excluding hydrogens is 345 g/mol. The number of anilines is 2. The molecule has 0 saturated carbocycles. The zero-order valence-electron chi connectivity index (χ0n) is 10.5. The Bertz CT molecular complexity index is 737. The number of nitrogens with zero attached hydrogens (tertiary/aromatic N) is 1. The van der Waals surface area contributed by atoms with E-state index in [4.69, 9.17) is 5.73 Å². The Kier molecular flexibility index (Phi) is 4.18. The fraction of sp³-hybridized carbons (Fsp3) is 0. The molecule has 0 heterocycles. The first-order chi connectivity index (χ1) is 9.88. The first-order valence-corrected chi connectivity index (χ1v) is 6.48. The summed E-state index contributed by atoms with van der Waals surface area (Å²) >= 11 is 3.14. The minimum Gasteiger partial charge on any atom is -0.398 e.